The highest BCUT2D eigenvalue weighted by molar-refractivity contribution is 7.92. The van der Waals surface area contributed by atoms with Gasteiger partial charge in [-0.2, -0.15) is 0 Å². The van der Waals surface area contributed by atoms with E-state index in [4.69, 9.17) is 34.8 Å². The lowest BCUT2D eigenvalue weighted by molar-refractivity contribution is -0.140. The summed E-state index contributed by atoms with van der Waals surface area (Å²) in [7, 11) is -4.27. The van der Waals surface area contributed by atoms with Crippen LogP contribution in [0.15, 0.2) is 95.9 Å². The molecule has 0 aromatic heterocycles. The molecule has 0 unspecified atom stereocenters. The first-order valence-corrected chi connectivity index (χ1v) is 17.7. The number of nitrogens with zero attached hydrogens (tertiary/aromatic N) is 2. The minimum absolute atomic E-state index is 0.00353. The highest BCUT2D eigenvalue weighted by Gasteiger charge is 2.35. The fourth-order valence-electron chi connectivity index (χ4n) is 4.93. The molecule has 47 heavy (non-hydrogen) atoms. The van der Waals surface area contributed by atoms with Crippen LogP contribution in [0, 0.1) is 19.8 Å². The number of aryl methyl sites for hydroxylation is 2. The number of benzene rings is 4. The zero-order valence-corrected chi connectivity index (χ0v) is 29.8. The Hall–Kier alpha value is -3.56. The van der Waals surface area contributed by atoms with E-state index in [0.717, 1.165) is 21.0 Å². The number of carbonyl (C=O) groups excluding carboxylic acids is 2. The molecule has 0 radical (unpaired) electrons. The second kappa shape index (κ2) is 16.0. The molecule has 4 aromatic carbocycles. The van der Waals surface area contributed by atoms with Gasteiger partial charge in [0, 0.05) is 40.1 Å². The first kappa shape index (κ1) is 36.3. The van der Waals surface area contributed by atoms with E-state index in [0.29, 0.717) is 27.2 Å². The Balaban J connectivity index is 1.85. The number of hydrogen-bond acceptors (Lipinski definition) is 4. The Kier molecular flexibility index (Phi) is 12.4. The molecule has 0 aliphatic rings. The Morgan fingerprint density at radius 3 is 2.04 bits per heavy atom. The van der Waals surface area contributed by atoms with Crippen LogP contribution in [0.5, 0.6) is 0 Å². The lowest BCUT2D eigenvalue weighted by atomic mass is 10.0. The maximum atomic E-state index is 14.6. The Labute approximate surface area is 292 Å². The van der Waals surface area contributed by atoms with Crippen LogP contribution in [0.3, 0.4) is 0 Å². The summed E-state index contributed by atoms with van der Waals surface area (Å²) in [6.45, 7) is 7.21. The number of halogens is 3. The lowest BCUT2D eigenvalue weighted by Gasteiger charge is -2.34. The summed E-state index contributed by atoms with van der Waals surface area (Å²) in [6.07, 6.45) is 0.166. The molecule has 7 nitrogen and oxygen atoms in total. The smallest absolute Gasteiger partial charge is 0.264 e. The van der Waals surface area contributed by atoms with Crippen LogP contribution < -0.4 is 9.62 Å². The van der Waals surface area contributed by atoms with E-state index >= 15 is 0 Å². The van der Waals surface area contributed by atoms with Crippen molar-refractivity contribution in [1.29, 1.82) is 0 Å². The average molecular weight is 715 g/mol. The second-order valence-electron chi connectivity index (χ2n) is 11.8. The molecule has 1 N–H and O–H groups in total. The van der Waals surface area contributed by atoms with Gasteiger partial charge in [-0.1, -0.05) is 109 Å². The molecule has 0 spiro atoms. The van der Waals surface area contributed by atoms with E-state index in [2.05, 4.69) is 5.32 Å². The first-order valence-electron chi connectivity index (χ1n) is 15.2. The summed E-state index contributed by atoms with van der Waals surface area (Å²) in [5, 5.41) is 3.93. The van der Waals surface area contributed by atoms with Gasteiger partial charge in [-0.05, 0) is 67.3 Å². The van der Waals surface area contributed by atoms with Gasteiger partial charge in [-0.3, -0.25) is 13.9 Å². The molecule has 248 valence electrons. The summed E-state index contributed by atoms with van der Waals surface area (Å²) >= 11 is 19.6. The maximum absolute atomic E-state index is 14.6. The standard InChI is InChI=1S/C36H38Cl3N3O4S/c1-24(2)21-40-36(44)34(19-27-9-6-5-7-10-27)41(22-30-31(37)11-8-12-32(30)38)35(43)23-42(28-16-15-26(4)33(39)20-28)47(45,46)29-17-13-25(3)14-18-29/h5-18,20,24,34H,19,21-23H2,1-4H3,(H,40,44)/t34-/m1/s1. The summed E-state index contributed by atoms with van der Waals surface area (Å²) in [4.78, 5) is 29.9. The van der Waals surface area contributed by atoms with Gasteiger partial charge in [0.05, 0.1) is 10.6 Å². The van der Waals surface area contributed by atoms with E-state index in [9.17, 15) is 18.0 Å². The third-order valence-electron chi connectivity index (χ3n) is 7.68. The number of carbonyl (C=O) groups is 2. The van der Waals surface area contributed by atoms with Crippen molar-refractivity contribution in [3.05, 3.63) is 128 Å². The predicted octanol–water partition coefficient (Wildman–Crippen LogP) is 7.87. The molecule has 4 rings (SSSR count). The minimum Gasteiger partial charge on any atom is -0.354 e. The largest absolute Gasteiger partial charge is 0.354 e. The molecule has 0 bridgehead atoms. The molecule has 4 aromatic rings. The third-order valence-corrected chi connectivity index (χ3v) is 10.6. The summed E-state index contributed by atoms with van der Waals surface area (Å²) in [5.41, 5.74) is 3.08. The molecular formula is C36H38Cl3N3O4S. The number of nitrogens with one attached hydrogen (secondary N) is 1. The van der Waals surface area contributed by atoms with Gasteiger partial charge in [0.1, 0.15) is 12.6 Å². The van der Waals surface area contributed by atoms with Gasteiger partial charge in [-0.15, -0.1) is 0 Å². The molecular weight excluding hydrogens is 677 g/mol. The quantitative estimate of drug-likeness (QED) is 0.153. The van der Waals surface area contributed by atoms with Crippen LogP contribution in [0.25, 0.3) is 0 Å². The van der Waals surface area contributed by atoms with Gasteiger partial charge in [-0.25, -0.2) is 8.42 Å². The van der Waals surface area contributed by atoms with E-state index in [1.807, 2.05) is 51.1 Å². The number of amides is 2. The first-order chi connectivity index (χ1) is 22.3. The lowest BCUT2D eigenvalue weighted by Crippen LogP contribution is -2.53. The number of anilines is 1. The van der Waals surface area contributed by atoms with E-state index in [-0.39, 0.29) is 35.4 Å². The van der Waals surface area contributed by atoms with E-state index in [1.54, 1.807) is 49.4 Å². The molecule has 0 fully saturated rings. The van der Waals surface area contributed by atoms with Crippen LogP contribution in [-0.4, -0.2) is 44.3 Å². The Bertz CT molecular complexity index is 1800. The molecule has 0 aliphatic heterocycles. The van der Waals surface area contributed by atoms with Crippen molar-refractivity contribution in [2.45, 2.75) is 51.6 Å². The van der Waals surface area contributed by atoms with Gasteiger partial charge in [0.2, 0.25) is 11.8 Å². The monoisotopic (exact) mass is 713 g/mol. The maximum Gasteiger partial charge on any atom is 0.264 e. The van der Waals surface area contributed by atoms with Gasteiger partial charge >= 0.3 is 0 Å². The molecule has 0 heterocycles. The van der Waals surface area contributed by atoms with Crippen LogP contribution >= 0.6 is 34.8 Å². The van der Waals surface area contributed by atoms with Crippen LogP contribution in [0.1, 0.15) is 36.1 Å². The fraction of sp³-hybridized carbons (Fsp3) is 0.278. The zero-order valence-electron chi connectivity index (χ0n) is 26.7. The molecule has 2 amide bonds. The molecule has 0 saturated carbocycles. The zero-order chi connectivity index (χ0) is 34.3. The van der Waals surface area contributed by atoms with Crippen molar-refractivity contribution in [1.82, 2.24) is 10.2 Å². The summed E-state index contributed by atoms with van der Waals surface area (Å²) < 4.78 is 29.5. The number of sulfonamides is 1. The summed E-state index contributed by atoms with van der Waals surface area (Å²) in [5.74, 6) is -0.862. The van der Waals surface area contributed by atoms with Gasteiger partial charge in [0.25, 0.3) is 10.0 Å². The average Bonchev–Trinajstić information content (AvgIpc) is 3.03. The van der Waals surface area contributed by atoms with E-state index in [1.165, 1.54) is 23.1 Å². The van der Waals surface area contributed by atoms with Crippen molar-refractivity contribution in [3.63, 3.8) is 0 Å². The van der Waals surface area contributed by atoms with E-state index < -0.39 is 28.5 Å². The molecule has 1 atom stereocenters. The predicted molar refractivity (Wildman–Crippen MR) is 191 cm³/mol. The van der Waals surface area contributed by atoms with Gasteiger partial charge < -0.3 is 10.2 Å². The van der Waals surface area contributed by atoms with Crippen molar-refractivity contribution in [3.8, 4) is 0 Å². The molecule has 0 aliphatic carbocycles. The normalized spacial score (nSPS) is 12.1. The van der Waals surface area contributed by atoms with Crippen molar-refractivity contribution >= 4 is 62.3 Å². The van der Waals surface area contributed by atoms with Gasteiger partial charge in [0.15, 0.2) is 0 Å². The van der Waals surface area contributed by atoms with Crippen LogP contribution in [-0.2, 0) is 32.6 Å². The van der Waals surface area contributed by atoms with Crippen LogP contribution in [0.2, 0.25) is 15.1 Å². The van der Waals surface area contributed by atoms with Crippen LogP contribution in [0.4, 0.5) is 5.69 Å². The summed E-state index contributed by atoms with van der Waals surface area (Å²) in [6, 6.07) is 24.5. The molecule has 0 saturated heterocycles. The number of rotatable bonds is 13. The fourth-order valence-corrected chi connectivity index (χ4v) is 7.03. The van der Waals surface area contributed by atoms with Crippen molar-refractivity contribution < 1.29 is 18.0 Å². The highest BCUT2D eigenvalue weighted by atomic mass is 35.5. The Morgan fingerprint density at radius 1 is 0.809 bits per heavy atom. The Morgan fingerprint density at radius 2 is 1.45 bits per heavy atom. The third kappa shape index (κ3) is 9.29. The van der Waals surface area contributed by atoms with Crippen molar-refractivity contribution in [2.75, 3.05) is 17.4 Å². The number of hydrogen-bond donors (Lipinski definition) is 1. The minimum atomic E-state index is -4.27. The topological polar surface area (TPSA) is 86.8 Å². The van der Waals surface area contributed by atoms with Crippen molar-refractivity contribution in [2.24, 2.45) is 5.92 Å². The SMILES string of the molecule is Cc1ccc(S(=O)(=O)N(CC(=O)N(Cc2c(Cl)cccc2Cl)[C@H](Cc2ccccc2)C(=O)NCC(C)C)c2ccc(C)c(Cl)c2)cc1. The highest BCUT2D eigenvalue weighted by Crippen LogP contribution is 2.31. The molecule has 11 heteroatoms. The second-order valence-corrected chi connectivity index (χ2v) is 14.9.